The van der Waals surface area contributed by atoms with Crippen LogP contribution in [0.5, 0.6) is 5.75 Å². The molecule has 0 amide bonds. The van der Waals surface area contributed by atoms with Gasteiger partial charge in [0.25, 0.3) is 0 Å². The molecule has 0 bridgehead atoms. The SMILES string of the molecule is COc1ccc(C(=O)Cn2c(C)nc(C)cc2=N)cc1.[Br-]. The molecular weight excluding hydrogens is 334 g/mol. The second-order valence-corrected chi connectivity index (χ2v) is 4.57. The van der Waals surface area contributed by atoms with Crippen LogP contribution in [0.25, 0.3) is 0 Å². The number of carbonyl (C=O) groups is 1. The Morgan fingerprint density at radius 1 is 1.29 bits per heavy atom. The molecule has 0 aliphatic carbocycles. The van der Waals surface area contributed by atoms with Crippen LogP contribution in [-0.2, 0) is 6.54 Å². The van der Waals surface area contributed by atoms with Gasteiger partial charge >= 0.3 is 0 Å². The summed E-state index contributed by atoms with van der Waals surface area (Å²) in [5.41, 5.74) is 1.66. The van der Waals surface area contributed by atoms with Crippen molar-refractivity contribution in [2.45, 2.75) is 20.4 Å². The number of methoxy groups -OCH3 is 1. The summed E-state index contributed by atoms with van der Waals surface area (Å²) in [6.45, 7) is 3.75. The second-order valence-electron chi connectivity index (χ2n) is 4.57. The molecular formula is C15H17BrN3O2-. The minimum atomic E-state index is -0.0556. The lowest BCUT2D eigenvalue weighted by molar-refractivity contribution is -0.0000128. The molecule has 0 saturated carbocycles. The van der Waals surface area contributed by atoms with E-state index in [1.165, 1.54) is 0 Å². The van der Waals surface area contributed by atoms with Gasteiger partial charge in [0.2, 0.25) is 0 Å². The average Bonchev–Trinajstić information content (AvgIpc) is 2.42. The zero-order valence-corrected chi connectivity index (χ0v) is 13.8. The first-order valence-corrected chi connectivity index (χ1v) is 6.28. The number of Topliss-reactive ketones (excluding diaryl/α,β-unsaturated/α-hetero) is 1. The molecule has 6 heteroatoms. The third kappa shape index (κ3) is 4.01. The second kappa shape index (κ2) is 7.17. The minimum Gasteiger partial charge on any atom is -1.00 e. The number of aryl methyl sites for hydroxylation is 2. The van der Waals surface area contributed by atoms with Crippen LogP contribution in [0.1, 0.15) is 21.9 Å². The number of aromatic nitrogens is 2. The maximum absolute atomic E-state index is 12.2. The van der Waals surface area contributed by atoms with Gasteiger partial charge in [0.05, 0.1) is 13.7 Å². The molecule has 0 saturated heterocycles. The van der Waals surface area contributed by atoms with Crippen LogP contribution in [0.4, 0.5) is 0 Å². The van der Waals surface area contributed by atoms with Crippen molar-refractivity contribution in [3.05, 3.63) is 52.9 Å². The molecule has 112 valence electrons. The Kier molecular flexibility index (Phi) is 5.84. The Labute approximate surface area is 133 Å². The molecule has 5 nitrogen and oxygen atoms in total. The Morgan fingerprint density at radius 2 is 1.90 bits per heavy atom. The van der Waals surface area contributed by atoms with Gasteiger partial charge in [0, 0.05) is 17.3 Å². The van der Waals surface area contributed by atoms with Crippen molar-refractivity contribution in [3.8, 4) is 5.75 Å². The molecule has 0 fully saturated rings. The number of carbonyl (C=O) groups excluding carboxylic acids is 1. The summed E-state index contributed by atoms with van der Waals surface area (Å²) in [6.07, 6.45) is 0. The fourth-order valence-corrected chi connectivity index (χ4v) is 2.01. The fourth-order valence-electron chi connectivity index (χ4n) is 2.01. The lowest BCUT2D eigenvalue weighted by Gasteiger charge is -2.10. The van der Waals surface area contributed by atoms with Crippen molar-refractivity contribution in [1.82, 2.24) is 9.55 Å². The quantitative estimate of drug-likeness (QED) is 0.710. The van der Waals surface area contributed by atoms with Crippen molar-refractivity contribution < 1.29 is 26.5 Å². The van der Waals surface area contributed by atoms with Crippen molar-refractivity contribution in [3.63, 3.8) is 0 Å². The number of ether oxygens (including phenoxy) is 1. The standard InChI is InChI=1S/C15H17N3O2.BrH/c1-10-8-15(16)18(11(2)17-10)9-14(19)12-4-6-13(20-3)7-5-12;/h4-8,16H,9H2,1-3H3;1H/p-1. The zero-order chi connectivity index (χ0) is 14.7. The summed E-state index contributed by atoms with van der Waals surface area (Å²) in [7, 11) is 1.58. The molecule has 0 unspecified atom stereocenters. The summed E-state index contributed by atoms with van der Waals surface area (Å²) < 4.78 is 6.66. The van der Waals surface area contributed by atoms with Gasteiger partial charge in [-0.2, -0.15) is 0 Å². The normalized spacial score (nSPS) is 9.86. The van der Waals surface area contributed by atoms with Crippen molar-refractivity contribution >= 4 is 5.78 Å². The molecule has 1 aromatic carbocycles. The number of benzene rings is 1. The highest BCUT2D eigenvalue weighted by Crippen LogP contribution is 2.12. The van der Waals surface area contributed by atoms with E-state index in [2.05, 4.69) is 4.98 Å². The number of nitrogens with one attached hydrogen (secondary N) is 1. The van der Waals surface area contributed by atoms with Crippen LogP contribution in [0, 0.1) is 19.3 Å². The lowest BCUT2D eigenvalue weighted by atomic mass is 10.1. The monoisotopic (exact) mass is 350 g/mol. The highest BCUT2D eigenvalue weighted by atomic mass is 79.9. The third-order valence-electron chi connectivity index (χ3n) is 3.08. The Morgan fingerprint density at radius 3 is 2.43 bits per heavy atom. The van der Waals surface area contributed by atoms with Gasteiger partial charge in [-0.05, 0) is 38.1 Å². The first-order chi connectivity index (χ1) is 9.51. The number of hydrogen-bond donors (Lipinski definition) is 1. The molecule has 2 aromatic rings. The maximum Gasteiger partial charge on any atom is 0.182 e. The highest BCUT2D eigenvalue weighted by Gasteiger charge is 2.09. The van der Waals surface area contributed by atoms with Crippen molar-refractivity contribution in [2.24, 2.45) is 0 Å². The van der Waals surface area contributed by atoms with Crippen molar-refractivity contribution in [2.75, 3.05) is 7.11 Å². The molecule has 0 aliphatic rings. The van der Waals surface area contributed by atoms with Gasteiger partial charge in [-0.1, -0.05) is 0 Å². The summed E-state index contributed by atoms with van der Waals surface area (Å²) in [6, 6.07) is 8.60. The number of ketones is 1. The third-order valence-corrected chi connectivity index (χ3v) is 3.08. The largest absolute Gasteiger partial charge is 1.00 e. The van der Waals surface area contributed by atoms with Crippen LogP contribution in [0.15, 0.2) is 30.3 Å². The number of nitrogens with zero attached hydrogens (tertiary/aromatic N) is 2. The van der Waals surface area contributed by atoms with E-state index < -0.39 is 0 Å². The smallest absolute Gasteiger partial charge is 0.182 e. The molecule has 0 aliphatic heterocycles. The number of rotatable bonds is 4. The van der Waals surface area contributed by atoms with Crippen LogP contribution in [-0.4, -0.2) is 22.4 Å². The zero-order valence-electron chi connectivity index (χ0n) is 12.2. The van der Waals surface area contributed by atoms with E-state index in [9.17, 15) is 4.79 Å². The highest BCUT2D eigenvalue weighted by molar-refractivity contribution is 5.96. The van der Waals surface area contributed by atoms with Crippen LogP contribution < -0.4 is 27.2 Å². The summed E-state index contributed by atoms with van der Waals surface area (Å²) in [5.74, 6) is 1.32. The summed E-state index contributed by atoms with van der Waals surface area (Å²) in [5, 5.41) is 7.92. The molecule has 0 atom stereocenters. The Balaban J connectivity index is 0.00000220. The van der Waals surface area contributed by atoms with E-state index in [1.807, 2.05) is 6.92 Å². The van der Waals surface area contributed by atoms with E-state index >= 15 is 0 Å². The molecule has 1 N–H and O–H groups in total. The summed E-state index contributed by atoms with van der Waals surface area (Å²) in [4.78, 5) is 16.5. The van der Waals surface area contributed by atoms with Crippen LogP contribution in [0.3, 0.4) is 0 Å². The van der Waals surface area contributed by atoms with E-state index in [1.54, 1.807) is 48.9 Å². The average molecular weight is 351 g/mol. The van der Waals surface area contributed by atoms with Gasteiger partial charge in [-0.15, -0.1) is 0 Å². The van der Waals surface area contributed by atoms with Crippen molar-refractivity contribution in [1.29, 1.82) is 5.41 Å². The fraction of sp³-hybridized carbons (Fsp3) is 0.267. The summed E-state index contributed by atoms with van der Waals surface area (Å²) >= 11 is 0. The number of halogens is 1. The number of hydrogen-bond acceptors (Lipinski definition) is 4. The first-order valence-electron chi connectivity index (χ1n) is 6.28. The minimum absolute atomic E-state index is 0. The van der Waals surface area contributed by atoms with Gasteiger partial charge in [-0.3, -0.25) is 10.2 Å². The topological polar surface area (TPSA) is 68.0 Å². The van der Waals surface area contributed by atoms with Gasteiger partial charge in [0.1, 0.15) is 17.1 Å². The molecule has 2 rings (SSSR count). The maximum atomic E-state index is 12.2. The van der Waals surface area contributed by atoms with Gasteiger partial charge in [-0.25, -0.2) is 4.98 Å². The Bertz CT molecular complexity index is 693. The predicted octanol–water partition coefficient (Wildman–Crippen LogP) is -1.13. The molecule has 21 heavy (non-hydrogen) atoms. The van der Waals surface area contributed by atoms with Gasteiger partial charge in [0.15, 0.2) is 5.78 Å². The van der Waals surface area contributed by atoms with E-state index in [-0.39, 0.29) is 34.8 Å². The van der Waals surface area contributed by atoms with E-state index in [0.717, 1.165) is 5.69 Å². The van der Waals surface area contributed by atoms with E-state index in [4.69, 9.17) is 10.1 Å². The van der Waals surface area contributed by atoms with Crippen LogP contribution in [0.2, 0.25) is 0 Å². The lowest BCUT2D eigenvalue weighted by Crippen LogP contribution is -3.00. The van der Waals surface area contributed by atoms with Crippen LogP contribution >= 0.6 is 0 Å². The van der Waals surface area contributed by atoms with Gasteiger partial charge < -0.3 is 26.3 Å². The predicted molar refractivity (Wildman–Crippen MR) is 74.9 cm³/mol. The molecule has 1 aromatic heterocycles. The molecule has 1 heterocycles. The first kappa shape index (κ1) is 17.1. The Hall–Kier alpha value is -1.95. The molecule has 0 spiro atoms. The van der Waals surface area contributed by atoms with E-state index in [0.29, 0.717) is 17.1 Å². The molecule has 0 radical (unpaired) electrons.